The molecule has 2 aliphatic rings. The van der Waals surface area contributed by atoms with E-state index >= 15 is 0 Å². The SMILES string of the molecule is CC(C)C(c1ccc(Nc2cc(Nc3ncccc3S(C)(=O)=O)ncn2)nc1)N1CC2(COC2)C1. The number of hydrogen-bond acceptors (Lipinski definition) is 10. The Bertz CT molecular complexity index is 1300. The molecule has 2 N–H and O–H groups in total. The highest BCUT2D eigenvalue weighted by atomic mass is 32.2. The second-order valence-electron chi connectivity index (χ2n) is 9.72. The van der Waals surface area contributed by atoms with Gasteiger partial charge in [-0.15, -0.1) is 0 Å². The number of sulfone groups is 1. The molecule has 10 nitrogen and oxygen atoms in total. The average molecular weight is 496 g/mol. The van der Waals surface area contributed by atoms with Crippen molar-refractivity contribution in [1.29, 1.82) is 0 Å². The predicted molar refractivity (Wildman–Crippen MR) is 133 cm³/mol. The smallest absolute Gasteiger partial charge is 0.179 e. The van der Waals surface area contributed by atoms with E-state index in [1.165, 1.54) is 24.2 Å². The van der Waals surface area contributed by atoms with E-state index in [9.17, 15) is 8.42 Å². The Labute approximate surface area is 205 Å². The number of nitrogens with one attached hydrogen (secondary N) is 2. The van der Waals surface area contributed by atoms with Crippen LogP contribution in [0.1, 0.15) is 25.5 Å². The quantitative estimate of drug-likeness (QED) is 0.482. The summed E-state index contributed by atoms with van der Waals surface area (Å²) in [6, 6.07) is 9.13. The molecule has 5 rings (SSSR count). The minimum Gasteiger partial charge on any atom is -0.380 e. The minimum absolute atomic E-state index is 0.100. The van der Waals surface area contributed by atoms with E-state index in [0.29, 0.717) is 34.8 Å². The van der Waals surface area contributed by atoms with Gasteiger partial charge in [0.25, 0.3) is 0 Å². The Kier molecular flexibility index (Phi) is 6.16. The standard InChI is InChI=1S/C24H29N7O3S/c1-16(2)22(31-11-24(12-31)13-34-14-24)17-6-7-19(26-10-17)29-20-9-21(28-15-27-20)30-23-18(35(3,32)33)5-4-8-25-23/h4-10,15-16,22H,11-14H2,1-3H3,(H2,25,26,27,28,29,30). The maximum Gasteiger partial charge on any atom is 0.179 e. The zero-order valence-corrected chi connectivity index (χ0v) is 20.8. The van der Waals surface area contributed by atoms with Crippen LogP contribution in [0.4, 0.5) is 23.3 Å². The zero-order valence-electron chi connectivity index (χ0n) is 20.0. The Hall–Kier alpha value is -3.15. The monoisotopic (exact) mass is 495 g/mol. The van der Waals surface area contributed by atoms with Crippen molar-refractivity contribution in [3.05, 3.63) is 54.6 Å². The summed E-state index contributed by atoms with van der Waals surface area (Å²) in [6.45, 7) is 8.38. The van der Waals surface area contributed by atoms with Crippen LogP contribution in [0.3, 0.4) is 0 Å². The van der Waals surface area contributed by atoms with E-state index in [1.807, 2.05) is 12.3 Å². The number of rotatable bonds is 8. The van der Waals surface area contributed by atoms with Gasteiger partial charge in [0.2, 0.25) is 0 Å². The lowest BCUT2D eigenvalue weighted by atomic mass is 9.75. The first-order valence-electron chi connectivity index (χ1n) is 11.5. The normalized spacial score (nSPS) is 18.1. The lowest BCUT2D eigenvalue weighted by Gasteiger charge is -2.58. The molecule has 1 unspecified atom stereocenters. The van der Waals surface area contributed by atoms with E-state index < -0.39 is 9.84 Å². The van der Waals surface area contributed by atoms with Gasteiger partial charge in [-0.05, 0) is 29.7 Å². The van der Waals surface area contributed by atoms with E-state index in [-0.39, 0.29) is 10.7 Å². The molecule has 2 fully saturated rings. The van der Waals surface area contributed by atoms with E-state index in [1.54, 1.807) is 12.1 Å². The largest absolute Gasteiger partial charge is 0.380 e. The number of hydrogen-bond donors (Lipinski definition) is 2. The summed E-state index contributed by atoms with van der Waals surface area (Å²) in [6.07, 6.45) is 5.97. The summed E-state index contributed by atoms with van der Waals surface area (Å²) in [7, 11) is -3.44. The van der Waals surface area contributed by atoms with Crippen molar-refractivity contribution in [3.8, 4) is 0 Å². The van der Waals surface area contributed by atoms with Crippen molar-refractivity contribution in [2.45, 2.75) is 24.8 Å². The van der Waals surface area contributed by atoms with Gasteiger partial charge in [-0.25, -0.2) is 28.4 Å². The molecule has 35 heavy (non-hydrogen) atoms. The van der Waals surface area contributed by atoms with E-state index in [2.05, 4.69) is 55.4 Å². The Balaban J connectivity index is 1.28. The molecule has 3 aromatic heterocycles. The molecule has 11 heteroatoms. The van der Waals surface area contributed by atoms with Gasteiger partial charge >= 0.3 is 0 Å². The third kappa shape index (κ3) is 4.97. The molecule has 2 saturated heterocycles. The molecule has 1 spiro atoms. The molecular weight excluding hydrogens is 466 g/mol. The molecule has 0 saturated carbocycles. The fraction of sp³-hybridized carbons (Fsp3) is 0.417. The number of nitrogens with zero attached hydrogens (tertiary/aromatic N) is 5. The van der Waals surface area contributed by atoms with Gasteiger partial charge in [0.15, 0.2) is 9.84 Å². The average Bonchev–Trinajstić information content (AvgIpc) is 2.75. The van der Waals surface area contributed by atoms with Crippen LogP contribution < -0.4 is 10.6 Å². The highest BCUT2D eigenvalue weighted by molar-refractivity contribution is 7.90. The second-order valence-corrected chi connectivity index (χ2v) is 11.7. The minimum atomic E-state index is -3.44. The number of ether oxygens (including phenoxy) is 1. The van der Waals surface area contributed by atoms with Crippen LogP contribution in [0.2, 0.25) is 0 Å². The number of anilines is 4. The van der Waals surface area contributed by atoms with Crippen LogP contribution >= 0.6 is 0 Å². The first-order chi connectivity index (χ1) is 16.7. The molecule has 0 aliphatic carbocycles. The molecule has 0 bridgehead atoms. The number of aromatic nitrogens is 4. The molecule has 5 heterocycles. The maximum absolute atomic E-state index is 12.0. The van der Waals surface area contributed by atoms with Gasteiger partial charge in [-0.1, -0.05) is 19.9 Å². The van der Waals surface area contributed by atoms with Crippen LogP contribution in [-0.2, 0) is 14.6 Å². The maximum atomic E-state index is 12.0. The summed E-state index contributed by atoms with van der Waals surface area (Å²) in [5.41, 5.74) is 1.56. The Morgan fingerprint density at radius 1 is 1.00 bits per heavy atom. The van der Waals surface area contributed by atoms with Crippen LogP contribution in [0.5, 0.6) is 0 Å². The fourth-order valence-electron chi connectivity index (χ4n) is 4.79. The lowest BCUT2D eigenvalue weighted by Crippen LogP contribution is -2.66. The van der Waals surface area contributed by atoms with Gasteiger partial charge in [-0.3, -0.25) is 4.90 Å². The Morgan fingerprint density at radius 3 is 2.34 bits per heavy atom. The lowest BCUT2D eigenvalue weighted by molar-refractivity contribution is -0.202. The zero-order chi connectivity index (χ0) is 24.6. The third-order valence-electron chi connectivity index (χ3n) is 6.39. The summed E-state index contributed by atoms with van der Waals surface area (Å²) < 4.78 is 29.5. The van der Waals surface area contributed by atoms with Crippen molar-refractivity contribution >= 4 is 33.1 Å². The molecule has 184 valence electrons. The molecule has 0 amide bonds. The van der Waals surface area contributed by atoms with Crippen molar-refractivity contribution in [1.82, 2.24) is 24.8 Å². The molecular formula is C24H29N7O3S. The van der Waals surface area contributed by atoms with Crippen LogP contribution in [0, 0.1) is 11.3 Å². The molecule has 2 aliphatic heterocycles. The van der Waals surface area contributed by atoms with Crippen LogP contribution in [-0.4, -0.2) is 65.8 Å². The van der Waals surface area contributed by atoms with Crippen molar-refractivity contribution in [2.75, 3.05) is 43.2 Å². The van der Waals surface area contributed by atoms with E-state index in [4.69, 9.17) is 4.74 Å². The van der Waals surface area contributed by atoms with Crippen LogP contribution in [0.15, 0.2) is 53.9 Å². The predicted octanol–water partition coefficient (Wildman–Crippen LogP) is 3.19. The highest BCUT2D eigenvalue weighted by Gasteiger charge is 2.51. The first-order valence-corrected chi connectivity index (χ1v) is 13.4. The number of pyridine rings is 2. The van der Waals surface area contributed by atoms with Gasteiger partial charge in [-0.2, -0.15) is 0 Å². The summed E-state index contributed by atoms with van der Waals surface area (Å²) in [5.74, 6) is 2.27. The van der Waals surface area contributed by atoms with Crippen molar-refractivity contribution < 1.29 is 13.2 Å². The topological polar surface area (TPSA) is 122 Å². The first kappa shape index (κ1) is 23.6. The molecule has 3 aromatic rings. The third-order valence-corrected chi connectivity index (χ3v) is 7.51. The Morgan fingerprint density at radius 2 is 1.74 bits per heavy atom. The fourth-order valence-corrected chi connectivity index (χ4v) is 5.57. The van der Waals surface area contributed by atoms with E-state index in [0.717, 1.165) is 32.6 Å². The van der Waals surface area contributed by atoms with Crippen LogP contribution in [0.25, 0.3) is 0 Å². The highest BCUT2D eigenvalue weighted by Crippen LogP contribution is 2.44. The molecule has 0 aromatic carbocycles. The summed E-state index contributed by atoms with van der Waals surface area (Å²) >= 11 is 0. The van der Waals surface area contributed by atoms with Crippen molar-refractivity contribution in [2.24, 2.45) is 11.3 Å². The summed E-state index contributed by atoms with van der Waals surface area (Å²) in [4.78, 5) is 19.8. The molecule has 0 radical (unpaired) electrons. The van der Waals surface area contributed by atoms with Crippen molar-refractivity contribution in [3.63, 3.8) is 0 Å². The van der Waals surface area contributed by atoms with Gasteiger partial charge < -0.3 is 15.4 Å². The summed E-state index contributed by atoms with van der Waals surface area (Å²) in [5, 5.41) is 6.15. The van der Waals surface area contributed by atoms with Gasteiger partial charge in [0.05, 0.1) is 13.2 Å². The number of likely N-dealkylation sites (tertiary alicyclic amines) is 1. The van der Waals surface area contributed by atoms with Gasteiger partial charge in [0.1, 0.15) is 34.5 Å². The van der Waals surface area contributed by atoms with Gasteiger partial charge in [0, 0.05) is 49.3 Å². The molecule has 1 atom stereocenters. The second kappa shape index (κ2) is 9.14.